The van der Waals surface area contributed by atoms with Crippen molar-refractivity contribution < 1.29 is 28.7 Å². The number of unbranched alkanes of at least 4 members (excludes halogenated alkanes) is 1. The molecule has 3 aromatic rings. The number of rotatable bonds is 11. The summed E-state index contributed by atoms with van der Waals surface area (Å²) in [5.41, 5.74) is 2.25. The van der Waals surface area contributed by atoms with Crippen molar-refractivity contribution in [2.45, 2.75) is 32.6 Å². The number of benzene rings is 2. The molecule has 2 aromatic carbocycles. The summed E-state index contributed by atoms with van der Waals surface area (Å²) in [5, 5.41) is 7.24. The van der Waals surface area contributed by atoms with Crippen molar-refractivity contribution in [3.05, 3.63) is 65.5 Å². The van der Waals surface area contributed by atoms with E-state index in [9.17, 15) is 19.2 Å². The first-order valence-corrected chi connectivity index (χ1v) is 13.2. The van der Waals surface area contributed by atoms with Gasteiger partial charge in [-0.15, -0.1) is 11.6 Å². The van der Waals surface area contributed by atoms with Crippen molar-refractivity contribution in [3.63, 3.8) is 0 Å². The monoisotopic (exact) mass is 552 g/mol. The van der Waals surface area contributed by atoms with Crippen LogP contribution in [0.15, 0.2) is 48.5 Å². The third-order valence-corrected chi connectivity index (χ3v) is 6.53. The first-order chi connectivity index (χ1) is 18.9. The zero-order valence-electron chi connectivity index (χ0n) is 21.7. The molecule has 204 valence electrons. The largest absolute Gasteiger partial charge is 0.497 e. The number of ketones is 1. The zero-order valence-corrected chi connectivity index (χ0v) is 22.5. The third-order valence-electron chi connectivity index (χ3n) is 6.26. The molecular weight excluding hydrogens is 524 g/mol. The normalized spacial score (nSPS) is 12.6. The molecule has 0 radical (unpaired) electrons. The maximum atomic E-state index is 13.8. The summed E-state index contributed by atoms with van der Waals surface area (Å²) in [5.74, 6) is -1.26. The Bertz CT molecular complexity index is 1370. The van der Waals surface area contributed by atoms with Gasteiger partial charge in [0.05, 0.1) is 19.4 Å². The van der Waals surface area contributed by atoms with Crippen LogP contribution in [0.25, 0.3) is 5.69 Å². The molecule has 1 N–H and O–H groups in total. The van der Waals surface area contributed by atoms with Crippen LogP contribution in [-0.2, 0) is 20.7 Å². The lowest BCUT2D eigenvalue weighted by Gasteiger charge is -2.28. The fourth-order valence-electron chi connectivity index (χ4n) is 4.32. The van der Waals surface area contributed by atoms with Crippen molar-refractivity contribution in [2.24, 2.45) is 0 Å². The summed E-state index contributed by atoms with van der Waals surface area (Å²) in [7, 11) is 1.54. The van der Waals surface area contributed by atoms with Crippen molar-refractivity contribution in [1.29, 1.82) is 0 Å². The Morgan fingerprint density at radius 3 is 2.36 bits per heavy atom. The predicted molar refractivity (Wildman–Crippen MR) is 146 cm³/mol. The van der Waals surface area contributed by atoms with Crippen LogP contribution in [-0.4, -0.2) is 59.5 Å². The highest BCUT2D eigenvalue weighted by Gasteiger charge is 2.37. The molecule has 0 atom stereocenters. The van der Waals surface area contributed by atoms with Gasteiger partial charge in [-0.2, -0.15) is 5.10 Å². The number of carbonyl (C=O) groups excluding carboxylic acids is 4. The zero-order chi connectivity index (χ0) is 27.9. The van der Waals surface area contributed by atoms with Crippen LogP contribution in [0.5, 0.6) is 5.75 Å². The molecule has 0 aliphatic carbocycles. The molecule has 39 heavy (non-hydrogen) atoms. The lowest BCUT2D eigenvalue weighted by molar-refractivity contribution is -0.137. The second kappa shape index (κ2) is 12.6. The molecule has 0 fully saturated rings. The van der Waals surface area contributed by atoms with Crippen molar-refractivity contribution >= 4 is 46.5 Å². The number of anilines is 2. The Kier molecular flexibility index (Phi) is 8.98. The van der Waals surface area contributed by atoms with Crippen LogP contribution < -0.4 is 15.0 Å². The predicted octanol–water partition coefficient (Wildman–Crippen LogP) is 4.18. The average molecular weight is 553 g/mol. The van der Waals surface area contributed by atoms with Crippen LogP contribution in [0.1, 0.15) is 52.7 Å². The second-order valence-corrected chi connectivity index (χ2v) is 9.16. The number of carbonyl (C=O) groups is 4. The van der Waals surface area contributed by atoms with E-state index in [-0.39, 0.29) is 36.4 Å². The fraction of sp³-hybridized carbons (Fsp3) is 0.321. The van der Waals surface area contributed by atoms with Crippen LogP contribution in [0.4, 0.5) is 11.4 Å². The standard InChI is InChI=1S/C28H29ClN4O6/c1-3-39-28(37)26(35)24-22-15-17-32(19-9-7-18(8-10-19)30-23(34)6-4-5-16-29)27(36)25(22)33(31-24)20-11-13-21(38-2)14-12-20/h7-14H,3-6,15-17H2,1-2H3,(H,30,34). The number of Topliss-reactive ketones (excluding diaryl/α,β-unsaturated/α-hetero) is 1. The van der Waals surface area contributed by atoms with E-state index in [1.54, 1.807) is 67.5 Å². The molecule has 0 unspecified atom stereocenters. The van der Waals surface area contributed by atoms with Gasteiger partial charge in [0.1, 0.15) is 17.1 Å². The summed E-state index contributed by atoms with van der Waals surface area (Å²) in [6, 6.07) is 13.8. The topological polar surface area (TPSA) is 120 Å². The van der Waals surface area contributed by atoms with Gasteiger partial charge in [0.25, 0.3) is 11.7 Å². The summed E-state index contributed by atoms with van der Waals surface area (Å²) in [4.78, 5) is 52.6. The Hall–Kier alpha value is -4.18. The number of alkyl halides is 1. The minimum Gasteiger partial charge on any atom is -0.497 e. The maximum Gasteiger partial charge on any atom is 0.381 e. The van der Waals surface area contributed by atoms with E-state index < -0.39 is 11.8 Å². The summed E-state index contributed by atoms with van der Waals surface area (Å²) >= 11 is 5.67. The number of methoxy groups -OCH3 is 1. The number of aromatic nitrogens is 2. The highest BCUT2D eigenvalue weighted by Crippen LogP contribution is 2.30. The molecule has 0 bridgehead atoms. The third kappa shape index (κ3) is 6.12. The van der Waals surface area contributed by atoms with Gasteiger partial charge in [-0.05, 0) is 74.7 Å². The smallest absolute Gasteiger partial charge is 0.381 e. The van der Waals surface area contributed by atoms with Gasteiger partial charge < -0.3 is 19.7 Å². The minimum atomic E-state index is -1.02. The average Bonchev–Trinajstić information content (AvgIpc) is 3.34. The number of hydrogen-bond donors (Lipinski definition) is 1. The van der Waals surface area contributed by atoms with Crippen molar-refractivity contribution in [2.75, 3.05) is 36.4 Å². The number of ether oxygens (including phenoxy) is 2. The van der Waals surface area contributed by atoms with E-state index in [2.05, 4.69) is 10.4 Å². The first kappa shape index (κ1) is 27.8. The molecule has 0 spiro atoms. The van der Waals surface area contributed by atoms with E-state index in [0.717, 1.165) is 6.42 Å². The maximum absolute atomic E-state index is 13.8. The molecule has 1 aliphatic rings. The second-order valence-electron chi connectivity index (χ2n) is 8.78. The van der Waals surface area contributed by atoms with Gasteiger partial charge in [-0.3, -0.25) is 14.4 Å². The molecule has 2 amide bonds. The Labute approximate surface area is 230 Å². The Balaban J connectivity index is 1.64. The highest BCUT2D eigenvalue weighted by molar-refractivity contribution is 6.40. The number of nitrogens with zero attached hydrogens (tertiary/aromatic N) is 3. The molecule has 1 aliphatic heterocycles. The SMILES string of the molecule is CCOC(=O)C(=O)c1nn(-c2ccc(OC)cc2)c2c1CCN(c1ccc(NC(=O)CCCCCl)cc1)C2=O. The van der Waals surface area contributed by atoms with Crippen LogP contribution in [0.2, 0.25) is 0 Å². The fourth-order valence-corrected chi connectivity index (χ4v) is 4.51. The molecule has 0 saturated heterocycles. The first-order valence-electron chi connectivity index (χ1n) is 12.6. The van der Waals surface area contributed by atoms with Crippen LogP contribution in [0, 0.1) is 0 Å². The number of halogens is 1. The Morgan fingerprint density at radius 1 is 1.03 bits per heavy atom. The van der Waals surface area contributed by atoms with Gasteiger partial charge in [0.15, 0.2) is 0 Å². The quantitative estimate of drug-likeness (QED) is 0.125. The summed E-state index contributed by atoms with van der Waals surface area (Å²) < 4.78 is 11.5. The summed E-state index contributed by atoms with van der Waals surface area (Å²) in [6.07, 6.45) is 2.16. The van der Waals surface area contributed by atoms with E-state index in [4.69, 9.17) is 21.1 Å². The van der Waals surface area contributed by atoms with Crippen molar-refractivity contribution in [3.8, 4) is 11.4 Å². The highest BCUT2D eigenvalue weighted by atomic mass is 35.5. The van der Waals surface area contributed by atoms with E-state index in [1.165, 1.54) is 4.68 Å². The van der Waals surface area contributed by atoms with Gasteiger partial charge in [0.2, 0.25) is 5.91 Å². The number of amides is 2. The van der Waals surface area contributed by atoms with E-state index in [1.807, 2.05) is 0 Å². The van der Waals surface area contributed by atoms with Crippen molar-refractivity contribution in [1.82, 2.24) is 9.78 Å². The lowest BCUT2D eigenvalue weighted by Crippen LogP contribution is -2.39. The molecular formula is C28H29ClN4O6. The lowest BCUT2D eigenvalue weighted by atomic mass is 10.0. The molecule has 1 aromatic heterocycles. The van der Waals surface area contributed by atoms with Gasteiger partial charge in [-0.25, -0.2) is 9.48 Å². The molecule has 11 heteroatoms. The summed E-state index contributed by atoms with van der Waals surface area (Å²) in [6.45, 7) is 1.92. The minimum absolute atomic E-state index is 0.0442. The van der Waals surface area contributed by atoms with Gasteiger partial charge in [0, 0.05) is 35.8 Å². The number of fused-ring (bicyclic) bond motifs is 1. The molecule has 0 saturated carbocycles. The van der Waals surface area contributed by atoms with Crippen LogP contribution in [0.3, 0.4) is 0 Å². The number of esters is 1. The number of hydrogen-bond acceptors (Lipinski definition) is 7. The number of nitrogens with one attached hydrogen (secondary N) is 1. The van der Waals surface area contributed by atoms with Gasteiger partial charge in [-0.1, -0.05) is 0 Å². The molecule has 2 heterocycles. The Morgan fingerprint density at radius 2 is 1.72 bits per heavy atom. The van der Waals surface area contributed by atoms with E-state index >= 15 is 0 Å². The molecule has 4 rings (SSSR count). The van der Waals surface area contributed by atoms with E-state index in [0.29, 0.717) is 53.5 Å². The molecule has 10 nitrogen and oxygen atoms in total. The van der Waals surface area contributed by atoms with Crippen LogP contribution >= 0.6 is 11.6 Å². The van der Waals surface area contributed by atoms with Gasteiger partial charge >= 0.3 is 5.97 Å².